The molecule has 2 aromatic rings. The van der Waals surface area contributed by atoms with Crippen LogP contribution in [0, 0.1) is 0 Å². The summed E-state index contributed by atoms with van der Waals surface area (Å²) in [5.74, 6) is 0.962. The number of hydrogen-bond acceptors (Lipinski definition) is 5. The second-order valence-corrected chi connectivity index (χ2v) is 5.19. The Hall–Kier alpha value is -1.69. The van der Waals surface area contributed by atoms with Gasteiger partial charge in [-0.15, -0.1) is 10.2 Å². The predicted octanol–water partition coefficient (Wildman–Crippen LogP) is 0.455. The summed E-state index contributed by atoms with van der Waals surface area (Å²) in [6.07, 6.45) is 9.22. The normalized spacial score (nSPS) is 27.7. The smallest absolute Gasteiger partial charge is 0.203 e. The van der Waals surface area contributed by atoms with Gasteiger partial charge in [0.25, 0.3) is 0 Å². The molecule has 0 amide bonds. The highest BCUT2D eigenvalue weighted by atomic mass is 15.3. The molecular formula is C12H16N6. The summed E-state index contributed by atoms with van der Waals surface area (Å²) in [7, 11) is 0. The molecule has 2 aliphatic heterocycles. The van der Waals surface area contributed by atoms with E-state index in [0.29, 0.717) is 12.1 Å². The van der Waals surface area contributed by atoms with Crippen molar-refractivity contribution in [1.82, 2.24) is 24.9 Å². The molecule has 2 aromatic heterocycles. The number of fused-ring (bicyclic) bond motifs is 3. The minimum atomic E-state index is 0.600. The molecule has 0 radical (unpaired) electrons. The summed E-state index contributed by atoms with van der Waals surface area (Å²) in [4.78, 5) is 6.85. The monoisotopic (exact) mass is 244 g/mol. The van der Waals surface area contributed by atoms with Crippen LogP contribution in [0.4, 0.5) is 5.82 Å². The maximum Gasteiger partial charge on any atom is 0.203 e. The Morgan fingerprint density at radius 1 is 1.22 bits per heavy atom. The van der Waals surface area contributed by atoms with Crippen LogP contribution in [-0.2, 0) is 0 Å². The second-order valence-electron chi connectivity index (χ2n) is 5.19. The largest absolute Gasteiger partial charge is 0.352 e. The van der Waals surface area contributed by atoms with E-state index in [9.17, 15) is 0 Å². The van der Waals surface area contributed by atoms with Gasteiger partial charge in [0.2, 0.25) is 5.65 Å². The average Bonchev–Trinajstić information content (AvgIpc) is 2.95. The number of nitrogens with one attached hydrogen (secondary N) is 1. The van der Waals surface area contributed by atoms with Crippen LogP contribution in [0.2, 0.25) is 0 Å². The molecule has 2 bridgehead atoms. The summed E-state index contributed by atoms with van der Waals surface area (Å²) in [5.41, 5.74) is 0.857. The summed E-state index contributed by atoms with van der Waals surface area (Å²) in [6, 6.07) is 1.29. The molecule has 0 saturated carbocycles. The highest BCUT2D eigenvalue weighted by Gasteiger charge is 2.30. The van der Waals surface area contributed by atoms with Crippen LogP contribution in [0.1, 0.15) is 19.3 Å². The van der Waals surface area contributed by atoms with E-state index in [2.05, 4.69) is 25.4 Å². The fraction of sp³-hybridized carbons (Fsp3) is 0.583. The highest BCUT2D eigenvalue weighted by Crippen LogP contribution is 2.25. The number of nitrogens with zero attached hydrogens (tertiary/aromatic N) is 5. The molecule has 18 heavy (non-hydrogen) atoms. The first-order valence-corrected chi connectivity index (χ1v) is 6.55. The zero-order valence-electron chi connectivity index (χ0n) is 10.2. The third-order valence-corrected chi connectivity index (χ3v) is 4.02. The van der Waals surface area contributed by atoms with Crippen molar-refractivity contribution in [1.29, 1.82) is 0 Å². The van der Waals surface area contributed by atoms with Crippen molar-refractivity contribution in [2.24, 2.45) is 0 Å². The SMILES string of the molecule is c1cn2cnnc2c(N2CCC3CCC(C2)N3)n1. The van der Waals surface area contributed by atoms with Crippen molar-refractivity contribution in [3.05, 3.63) is 18.7 Å². The van der Waals surface area contributed by atoms with Crippen molar-refractivity contribution < 1.29 is 0 Å². The van der Waals surface area contributed by atoms with Crippen molar-refractivity contribution >= 4 is 11.5 Å². The van der Waals surface area contributed by atoms with Gasteiger partial charge >= 0.3 is 0 Å². The lowest BCUT2D eigenvalue weighted by molar-refractivity contribution is 0.563. The van der Waals surface area contributed by atoms with Crippen LogP contribution in [0.15, 0.2) is 18.7 Å². The number of aromatic nitrogens is 4. The fourth-order valence-corrected chi connectivity index (χ4v) is 3.10. The molecule has 2 atom stereocenters. The maximum atomic E-state index is 4.50. The van der Waals surface area contributed by atoms with Crippen molar-refractivity contribution in [3.63, 3.8) is 0 Å². The maximum absolute atomic E-state index is 4.50. The number of rotatable bonds is 1. The molecule has 4 rings (SSSR count). The lowest BCUT2D eigenvalue weighted by Crippen LogP contribution is -2.36. The Labute approximate surface area is 105 Å². The molecule has 4 heterocycles. The topological polar surface area (TPSA) is 58.4 Å². The van der Waals surface area contributed by atoms with Gasteiger partial charge in [-0.2, -0.15) is 0 Å². The lowest BCUT2D eigenvalue weighted by atomic mass is 10.1. The van der Waals surface area contributed by atoms with Crippen LogP contribution in [0.3, 0.4) is 0 Å². The molecule has 2 unspecified atom stereocenters. The lowest BCUT2D eigenvalue weighted by Gasteiger charge is -2.25. The standard InChI is InChI=1S/C12H16N6/c1-2-10-7-17(5-3-9(1)15-10)11-12-16-14-8-18(12)6-4-13-11/h4,6,8-10,15H,1-3,5,7H2. The summed E-state index contributed by atoms with van der Waals surface area (Å²) in [5, 5.41) is 11.8. The first-order valence-electron chi connectivity index (χ1n) is 6.55. The van der Waals surface area contributed by atoms with Crippen molar-refractivity contribution in [3.8, 4) is 0 Å². The van der Waals surface area contributed by atoms with Crippen LogP contribution >= 0.6 is 0 Å². The minimum Gasteiger partial charge on any atom is -0.352 e. The molecule has 94 valence electrons. The molecule has 6 heteroatoms. The average molecular weight is 244 g/mol. The van der Waals surface area contributed by atoms with Crippen LogP contribution in [0.25, 0.3) is 5.65 Å². The zero-order valence-corrected chi connectivity index (χ0v) is 10.2. The summed E-state index contributed by atoms with van der Waals surface area (Å²) in [6.45, 7) is 2.07. The van der Waals surface area contributed by atoms with Crippen LogP contribution < -0.4 is 10.2 Å². The second kappa shape index (κ2) is 3.91. The molecule has 6 nitrogen and oxygen atoms in total. The molecule has 0 spiro atoms. The zero-order chi connectivity index (χ0) is 11.9. The Morgan fingerprint density at radius 3 is 3.17 bits per heavy atom. The number of anilines is 1. The van der Waals surface area contributed by atoms with Crippen LogP contribution in [0.5, 0.6) is 0 Å². The summed E-state index contributed by atoms with van der Waals surface area (Å²) < 4.78 is 1.93. The predicted molar refractivity (Wildman–Crippen MR) is 67.6 cm³/mol. The van der Waals surface area contributed by atoms with Gasteiger partial charge in [-0.25, -0.2) is 4.98 Å². The Morgan fingerprint density at radius 2 is 2.17 bits per heavy atom. The Bertz CT molecular complexity index is 564. The summed E-state index contributed by atoms with van der Waals surface area (Å²) >= 11 is 0. The Balaban J connectivity index is 1.71. The van der Waals surface area contributed by atoms with Gasteiger partial charge in [-0.3, -0.25) is 4.40 Å². The van der Waals surface area contributed by atoms with Crippen molar-refractivity contribution in [2.45, 2.75) is 31.3 Å². The molecular weight excluding hydrogens is 228 g/mol. The van der Waals surface area contributed by atoms with Gasteiger partial charge in [-0.1, -0.05) is 0 Å². The molecule has 1 N–H and O–H groups in total. The first-order chi connectivity index (χ1) is 8.90. The van der Waals surface area contributed by atoms with E-state index in [-0.39, 0.29) is 0 Å². The van der Waals surface area contributed by atoms with Gasteiger partial charge in [0, 0.05) is 37.6 Å². The fourth-order valence-electron chi connectivity index (χ4n) is 3.10. The van der Waals surface area contributed by atoms with E-state index in [1.54, 1.807) is 6.33 Å². The molecule has 2 saturated heterocycles. The van der Waals surface area contributed by atoms with Crippen LogP contribution in [-0.4, -0.2) is 44.8 Å². The molecule has 0 aromatic carbocycles. The minimum absolute atomic E-state index is 0.600. The molecule has 2 aliphatic rings. The third-order valence-electron chi connectivity index (χ3n) is 4.02. The van der Waals surface area contributed by atoms with Gasteiger partial charge in [0.05, 0.1) is 0 Å². The van der Waals surface area contributed by atoms with E-state index < -0.39 is 0 Å². The van der Waals surface area contributed by atoms with E-state index in [1.807, 2.05) is 16.8 Å². The third kappa shape index (κ3) is 1.56. The molecule has 0 aliphatic carbocycles. The van der Waals surface area contributed by atoms with Gasteiger partial charge in [-0.05, 0) is 19.3 Å². The van der Waals surface area contributed by atoms with E-state index in [1.165, 1.54) is 19.3 Å². The highest BCUT2D eigenvalue weighted by molar-refractivity contribution is 5.63. The van der Waals surface area contributed by atoms with Gasteiger partial charge in [0.1, 0.15) is 6.33 Å². The first kappa shape index (κ1) is 10.3. The van der Waals surface area contributed by atoms with E-state index >= 15 is 0 Å². The molecule has 2 fully saturated rings. The van der Waals surface area contributed by atoms with Crippen molar-refractivity contribution in [2.75, 3.05) is 18.0 Å². The van der Waals surface area contributed by atoms with Gasteiger partial charge < -0.3 is 10.2 Å². The van der Waals surface area contributed by atoms with Gasteiger partial charge in [0.15, 0.2) is 5.82 Å². The van der Waals surface area contributed by atoms with E-state index in [4.69, 9.17) is 0 Å². The quantitative estimate of drug-likeness (QED) is 0.789. The Kier molecular flexibility index (Phi) is 2.23. The van der Waals surface area contributed by atoms with E-state index in [0.717, 1.165) is 24.6 Å². The number of hydrogen-bond donors (Lipinski definition) is 1.